The molecule has 3 rings (SSSR count). The molecule has 2 aromatic rings. The molecule has 1 fully saturated rings. The quantitative estimate of drug-likeness (QED) is 0.631. The third kappa shape index (κ3) is 3.65. The van der Waals surface area contributed by atoms with Crippen molar-refractivity contribution in [2.24, 2.45) is 0 Å². The number of halogens is 2. The fraction of sp³-hybridized carbons (Fsp3) is 0.278. The summed E-state index contributed by atoms with van der Waals surface area (Å²) in [6, 6.07) is 10.8. The van der Waals surface area contributed by atoms with Crippen LogP contribution in [0.25, 0.3) is 0 Å². The molecule has 1 aliphatic rings. The van der Waals surface area contributed by atoms with Gasteiger partial charge in [-0.1, -0.05) is 30.3 Å². The van der Waals surface area contributed by atoms with Gasteiger partial charge >= 0.3 is 0 Å². The minimum atomic E-state index is -1.18. The Kier molecular flexibility index (Phi) is 4.74. The summed E-state index contributed by atoms with van der Waals surface area (Å²) in [6.45, 7) is 0.115. The summed E-state index contributed by atoms with van der Waals surface area (Å²) in [7, 11) is 0. The van der Waals surface area contributed by atoms with Crippen molar-refractivity contribution in [3.8, 4) is 0 Å². The summed E-state index contributed by atoms with van der Waals surface area (Å²) in [5.74, 6) is -2.71. The highest BCUT2D eigenvalue weighted by Gasteiger charge is 2.43. The van der Waals surface area contributed by atoms with Crippen LogP contribution in [0.4, 0.5) is 8.78 Å². The van der Waals surface area contributed by atoms with Gasteiger partial charge in [-0.3, -0.25) is 14.9 Å². The fourth-order valence-electron chi connectivity index (χ4n) is 3.19. The molecule has 1 aliphatic heterocycles. The van der Waals surface area contributed by atoms with E-state index < -0.39 is 28.5 Å². The van der Waals surface area contributed by atoms with Gasteiger partial charge in [-0.25, -0.2) is 8.78 Å². The zero-order valence-corrected chi connectivity index (χ0v) is 13.3. The maximum Gasteiger partial charge on any atom is 0.237 e. The number of nitrogens with zero attached hydrogens (tertiary/aromatic N) is 2. The van der Waals surface area contributed by atoms with Crippen molar-refractivity contribution in [3.05, 3.63) is 81.4 Å². The summed E-state index contributed by atoms with van der Waals surface area (Å²) in [4.78, 5) is 24.8. The SMILES string of the molecule is O=C1C[C@@H](c2cc(F)ccc2F)C([N+](=O)[O-])CN1Cc1ccccc1. The minimum Gasteiger partial charge on any atom is -0.331 e. The third-order valence-electron chi connectivity index (χ3n) is 4.46. The number of benzene rings is 2. The normalized spacial score (nSPS) is 20.6. The van der Waals surface area contributed by atoms with Gasteiger partial charge in [0.05, 0.1) is 12.5 Å². The van der Waals surface area contributed by atoms with Gasteiger partial charge in [0.2, 0.25) is 11.9 Å². The van der Waals surface area contributed by atoms with Crippen molar-refractivity contribution in [3.63, 3.8) is 0 Å². The highest BCUT2D eigenvalue weighted by Crippen LogP contribution is 2.33. The number of likely N-dealkylation sites (tertiary alicyclic amines) is 1. The van der Waals surface area contributed by atoms with Gasteiger partial charge in [0.1, 0.15) is 11.6 Å². The van der Waals surface area contributed by atoms with E-state index >= 15 is 0 Å². The predicted octanol–water partition coefficient (Wildman–Crippen LogP) is 3.13. The fourth-order valence-corrected chi connectivity index (χ4v) is 3.19. The zero-order valence-electron chi connectivity index (χ0n) is 13.3. The molecule has 7 heteroatoms. The van der Waals surface area contributed by atoms with Crippen molar-refractivity contribution < 1.29 is 18.5 Å². The Hall–Kier alpha value is -2.83. The Balaban J connectivity index is 1.87. The lowest BCUT2D eigenvalue weighted by Gasteiger charge is -2.34. The first-order valence-electron chi connectivity index (χ1n) is 7.86. The van der Waals surface area contributed by atoms with Gasteiger partial charge in [0.25, 0.3) is 0 Å². The molecule has 0 spiro atoms. The maximum atomic E-state index is 14.0. The molecule has 2 aromatic carbocycles. The van der Waals surface area contributed by atoms with Crippen LogP contribution < -0.4 is 0 Å². The van der Waals surface area contributed by atoms with Gasteiger partial charge in [-0.15, -0.1) is 0 Å². The molecule has 0 aromatic heterocycles. The molecule has 0 radical (unpaired) electrons. The molecule has 1 heterocycles. The average Bonchev–Trinajstić information content (AvgIpc) is 2.59. The molecule has 1 unspecified atom stereocenters. The molecule has 130 valence electrons. The molecule has 0 N–H and O–H groups in total. The molecule has 5 nitrogen and oxygen atoms in total. The Morgan fingerprint density at radius 1 is 1.16 bits per heavy atom. The standard InChI is InChI=1S/C18H16F2N2O3/c19-13-6-7-16(20)14(8-13)15-9-18(23)21(11-17(15)22(24)25)10-12-4-2-1-3-5-12/h1-8,15,17H,9-11H2/t15-,17?/m0/s1. The van der Waals surface area contributed by atoms with E-state index in [1.165, 1.54) is 4.90 Å². The van der Waals surface area contributed by atoms with Crippen molar-refractivity contribution in [1.82, 2.24) is 4.90 Å². The van der Waals surface area contributed by atoms with E-state index in [4.69, 9.17) is 0 Å². The lowest BCUT2D eigenvalue weighted by Crippen LogP contribution is -2.49. The summed E-state index contributed by atoms with van der Waals surface area (Å²) in [5.41, 5.74) is 0.739. The third-order valence-corrected chi connectivity index (χ3v) is 4.46. The van der Waals surface area contributed by atoms with Crippen molar-refractivity contribution in [2.75, 3.05) is 6.54 Å². The number of carbonyl (C=O) groups is 1. The molecule has 1 saturated heterocycles. The van der Waals surface area contributed by atoms with E-state index in [2.05, 4.69) is 0 Å². The molecule has 1 amide bonds. The first-order chi connectivity index (χ1) is 12.0. The molecule has 0 bridgehead atoms. The second kappa shape index (κ2) is 6.96. The number of rotatable bonds is 4. The van der Waals surface area contributed by atoms with Crippen LogP contribution in [0.5, 0.6) is 0 Å². The second-order valence-corrected chi connectivity index (χ2v) is 6.09. The van der Waals surface area contributed by atoms with Crippen molar-refractivity contribution >= 4 is 5.91 Å². The number of hydrogen-bond acceptors (Lipinski definition) is 3. The number of hydrogen-bond donors (Lipinski definition) is 0. The highest BCUT2D eigenvalue weighted by molar-refractivity contribution is 5.78. The lowest BCUT2D eigenvalue weighted by atomic mass is 9.84. The lowest BCUT2D eigenvalue weighted by molar-refractivity contribution is -0.528. The van der Waals surface area contributed by atoms with Crippen LogP contribution in [-0.2, 0) is 11.3 Å². The largest absolute Gasteiger partial charge is 0.331 e. The minimum absolute atomic E-state index is 0.116. The molecule has 25 heavy (non-hydrogen) atoms. The molecule has 0 aliphatic carbocycles. The summed E-state index contributed by atoms with van der Waals surface area (Å²) < 4.78 is 27.5. The monoisotopic (exact) mass is 346 g/mol. The molecule has 2 atom stereocenters. The van der Waals surface area contributed by atoms with Crippen LogP contribution in [0, 0.1) is 21.7 Å². The highest BCUT2D eigenvalue weighted by atomic mass is 19.1. The van der Waals surface area contributed by atoms with Crippen molar-refractivity contribution in [2.45, 2.75) is 24.9 Å². The van der Waals surface area contributed by atoms with Crippen LogP contribution in [0.2, 0.25) is 0 Å². The number of nitro groups is 1. The average molecular weight is 346 g/mol. The Morgan fingerprint density at radius 2 is 1.88 bits per heavy atom. The number of amides is 1. The Morgan fingerprint density at radius 3 is 2.56 bits per heavy atom. The van der Waals surface area contributed by atoms with E-state index in [0.29, 0.717) is 0 Å². The summed E-state index contributed by atoms with van der Waals surface area (Å²) in [6.07, 6.45) is -0.223. The van der Waals surface area contributed by atoms with Crippen LogP contribution in [0.3, 0.4) is 0 Å². The first-order valence-corrected chi connectivity index (χ1v) is 7.86. The van der Waals surface area contributed by atoms with Crippen molar-refractivity contribution in [1.29, 1.82) is 0 Å². The zero-order chi connectivity index (χ0) is 18.0. The van der Waals surface area contributed by atoms with E-state index in [0.717, 1.165) is 23.8 Å². The van der Waals surface area contributed by atoms with Gasteiger partial charge in [0.15, 0.2) is 0 Å². The Bertz CT molecular complexity index is 798. The van der Waals surface area contributed by atoms with Gasteiger partial charge in [0, 0.05) is 23.5 Å². The topological polar surface area (TPSA) is 63.4 Å². The van der Waals surface area contributed by atoms with E-state index in [1.807, 2.05) is 30.3 Å². The maximum absolute atomic E-state index is 14.0. The van der Waals surface area contributed by atoms with Crippen LogP contribution in [0.1, 0.15) is 23.5 Å². The van der Waals surface area contributed by atoms with E-state index in [9.17, 15) is 23.7 Å². The van der Waals surface area contributed by atoms with Crippen LogP contribution in [0.15, 0.2) is 48.5 Å². The number of piperidine rings is 1. The Labute approximate surface area is 143 Å². The second-order valence-electron chi connectivity index (χ2n) is 6.09. The molecular weight excluding hydrogens is 330 g/mol. The van der Waals surface area contributed by atoms with Crippen LogP contribution in [-0.4, -0.2) is 28.3 Å². The van der Waals surface area contributed by atoms with Gasteiger partial charge in [-0.2, -0.15) is 0 Å². The van der Waals surface area contributed by atoms with E-state index in [-0.39, 0.29) is 31.0 Å². The summed E-state index contributed by atoms with van der Waals surface area (Å²) >= 11 is 0. The predicted molar refractivity (Wildman–Crippen MR) is 86.4 cm³/mol. The molecule has 0 saturated carbocycles. The molecular formula is C18H16F2N2O3. The first kappa shape index (κ1) is 17.0. The number of carbonyl (C=O) groups excluding carboxylic acids is 1. The van der Waals surface area contributed by atoms with Gasteiger partial charge in [-0.05, 0) is 23.8 Å². The van der Waals surface area contributed by atoms with Crippen LogP contribution >= 0.6 is 0 Å². The summed E-state index contributed by atoms with van der Waals surface area (Å²) in [5, 5.41) is 11.5. The van der Waals surface area contributed by atoms with Gasteiger partial charge < -0.3 is 4.90 Å². The smallest absolute Gasteiger partial charge is 0.237 e. The van der Waals surface area contributed by atoms with E-state index in [1.54, 1.807) is 0 Å².